The minimum absolute atomic E-state index is 0.118. The van der Waals surface area contributed by atoms with Gasteiger partial charge in [0, 0.05) is 21.3 Å². The zero-order valence-electron chi connectivity index (χ0n) is 11.0. The summed E-state index contributed by atoms with van der Waals surface area (Å²) in [4.78, 5) is 8.97. The molecule has 1 aromatic carbocycles. The summed E-state index contributed by atoms with van der Waals surface area (Å²) in [5.41, 5.74) is 1.31. The van der Waals surface area contributed by atoms with Gasteiger partial charge in [-0.2, -0.15) is 0 Å². The average Bonchev–Trinajstić information content (AvgIpc) is 2.70. The molecule has 4 nitrogen and oxygen atoms in total. The molecule has 0 spiro atoms. The number of hydrogen-bond donors (Lipinski definition) is 1. The fourth-order valence-electron chi connectivity index (χ4n) is 3.47. The molecule has 3 heterocycles. The monoisotopic (exact) mass is 288 g/mol. The van der Waals surface area contributed by atoms with E-state index in [2.05, 4.69) is 9.97 Å². The van der Waals surface area contributed by atoms with Crippen molar-refractivity contribution in [2.75, 3.05) is 0 Å². The van der Waals surface area contributed by atoms with Crippen LogP contribution in [0.4, 0.5) is 0 Å². The molecule has 5 heteroatoms. The Morgan fingerprint density at radius 1 is 1.15 bits per heavy atom. The van der Waals surface area contributed by atoms with E-state index < -0.39 is 16.4 Å². The van der Waals surface area contributed by atoms with Crippen LogP contribution in [0.3, 0.4) is 0 Å². The molecule has 2 unspecified atom stereocenters. The zero-order chi connectivity index (χ0) is 13.7. The highest BCUT2D eigenvalue weighted by Gasteiger charge is 2.49. The van der Waals surface area contributed by atoms with Gasteiger partial charge in [-0.05, 0) is 37.8 Å². The normalized spacial score (nSPS) is 36.4. The number of aromatic nitrogens is 2. The van der Waals surface area contributed by atoms with E-state index in [1.54, 1.807) is 6.20 Å². The van der Waals surface area contributed by atoms with E-state index in [9.17, 15) is 9.32 Å². The lowest BCUT2D eigenvalue weighted by molar-refractivity contribution is 0.0142. The van der Waals surface area contributed by atoms with Crippen LogP contribution in [0.15, 0.2) is 30.5 Å². The number of rotatable bonds is 1. The third-order valence-electron chi connectivity index (χ3n) is 4.52. The van der Waals surface area contributed by atoms with E-state index in [0.717, 1.165) is 23.9 Å². The first-order chi connectivity index (χ1) is 9.66. The van der Waals surface area contributed by atoms with Crippen molar-refractivity contribution in [3.05, 3.63) is 36.2 Å². The minimum atomic E-state index is -0.962. The van der Waals surface area contributed by atoms with Crippen LogP contribution in [0, 0.1) is 0 Å². The SMILES string of the molecule is O=S1C2CCC1CC(O)(c1cnc3ccccc3n1)C2. The van der Waals surface area contributed by atoms with E-state index in [1.165, 1.54) is 0 Å². The lowest BCUT2D eigenvalue weighted by atomic mass is 9.90. The number of para-hydroxylation sites is 2. The smallest absolute Gasteiger partial charge is 0.110 e. The van der Waals surface area contributed by atoms with Gasteiger partial charge >= 0.3 is 0 Å². The second-order valence-corrected chi connectivity index (χ2v) is 7.82. The van der Waals surface area contributed by atoms with Gasteiger partial charge in [-0.25, -0.2) is 4.98 Å². The van der Waals surface area contributed by atoms with E-state index in [1.807, 2.05) is 24.3 Å². The van der Waals surface area contributed by atoms with E-state index in [0.29, 0.717) is 18.5 Å². The van der Waals surface area contributed by atoms with E-state index in [4.69, 9.17) is 0 Å². The second-order valence-electron chi connectivity index (χ2n) is 5.83. The predicted molar refractivity (Wildman–Crippen MR) is 77.6 cm³/mol. The van der Waals surface area contributed by atoms with Gasteiger partial charge in [-0.15, -0.1) is 0 Å². The molecular weight excluding hydrogens is 272 g/mol. The molecule has 0 radical (unpaired) electrons. The molecule has 2 atom stereocenters. The minimum Gasteiger partial charge on any atom is -0.383 e. The number of fused-ring (bicyclic) bond motifs is 3. The van der Waals surface area contributed by atoms with Gasteiger partial charge < -0.3 is 5.11 Å². The number of benzene rings is 1. The Kier molecular flexibility index (Phi) is 2.69. The molecule has 0 saturated carbocycles. The van der Waals surface area contributed by atoms with Crippen molar-refractivity contribution in [2.24, 2.45) is 0 Å². The van der Waals surface area contributed by atoms with Gasteiger partial charge in [-0.1, -0.05) is 12.1 Å². The summed E-state index contributed by atoms with van der Waals surface area (Å²) in [5, 5.41) is 11.2. The molecule has 2 saturated heterocycles. The summed E-state index contributed by atoms with van der Waals surface area (Å²) in [6, 6.07) is 7.67. The van der Waals surface area contributed by atoms with Crippen LogP contribution in [0.2, 0.25) is 0 Å². The van der Waals surface area contributed by atoms with Crippen LogP contribution in [0.25, 0.3) is 11.0 Å². The molecular formula is C15H16N2O2S. The quantitative estimate of drug-likeness (QED) is 0.870. The molecule has 1 N–H and O–H groups in total. The van der Waals surface area contributed by atoms with Crippen LogP contribution in [0.5, 0.6) is 0 Å². The molecule has 2 fully saturated rings. The molecule has 2 aliphatic heterocycles. The van der Waals surface area contributed by atoms with E-state index in [-0.39, 0.29) is 10.5 Å². The number of nitrogens with zero attached hydrogens (tertiary/aromatic N) is 2. The fourth-order valence-corrected chi connectivity index (χ4v) is 5.63. The van der Waals surface area contributed by atoms with Crippen LogP contribution >= 0.6 is 0 Å². The van der Waals surface area contributed by atoms with Crippen molar-refractivity contribution in [3.8, 4) is 0 Å². The Bertz CT molecular complexity index is 687. The maximum absolute atomic E-state index is 12.1. The average molecular weight is 288 g/mol. The highest BCUT2D eigenvalue weighted by atomic mass is 32.2. The Morgan fingerprint density at radius 2 is 1.80 bits per heavy atom. The molecule has 1 aromatic heterocycles. The molecule has 4 rings (SSSR count). The molecule has 0 amide bonds. The molecule has 2 bridgehead atoms. The standard InChI is InChI=1S/C15H16N2O2S/c18-15(7-10-5-6-11(8-15)20(10)19)14-9-16-12-3-1-2-4-13(12)17-14/h1-4,9-11,18H,5-8H2. The topological polar surface area (TPSA) is 63.1 Å². The molecule has 2 aliphatic rings. The summed E-state index contributed by atoms with van der Waals surface area (Å²) >= 11 is 0. The van der Waals surface area contributed by atoms with Crippen molar-refractivity contribution in [3.63, 3.8) is 0 Å². The molecule has 20 heavy (non-hydrogen) atoms. The predicted octanol–water partition coefficient (Wildman–Crippen LogP) is 1.89. The van der Waals surface area contributed by atoms with Gasteiger partial charge in [0.05, 0.1) is 22.9 Å². The Labute approximate surface area is 119 Å². The fraction of sp³-hybridized carbons (Fsp3) is 0.467. The third kappa shape index (κ3) is 1.80. The van der Waals surface area contributed by atoms with Crippen LogP contribution in [-0.4, -0.2) is 29.8 Å². The van der Waals surface area contributed by atoms with Crippen molar-refractivity contribution in [1.82, 2.24) is 9.97 Å². The molecule has 104 valence electrons. The summed E-state index contributed by atoms with van der Waals surface area (Å²) in [6.07, 6.45) is 4.68. The maximum atomic E-state index is 12.1. The third-order valence-corrected chi connectivity index (χ3v) is 6.64. The summed E-state index contributed by atoms with van der Waals surface area (Å²) in [5.74, 6) is 0. The van der Waals surface area contributed by atoms with Crippen molar-refractivity contribution < 1.29 is 9.32 Å². The Hall–Kier alpha value is -1.33. The summed E-state index contributed by atoms with van der Waals surface area (Å²) in [6.45, 7) is 0. The van der Waals surface area contributed by atoms with Crippen LogP contribution < -0.4 is 0 Å². The number of hydrogen-bond acceptors (Lipinski definition) is 4. The maximum Gasteiger partial charge on any atom is 0.110 e. The van der Waals surface area contributed by atoms with Gasteiger partial charge in [-0.3, -0.25) is 9.19 Å². The molecule has 0 aliphatic carbocycles. The van der Waals surface area contributed by atoms with Crippen molar-refractivity contribution in [2.45, 2.75) is 41.8 Å². The summed E-state index contributed by atoms with van der Waals surface area (Å²) < 4.78 is 12.1. The van der Waals surface area contributed by atoms with Gasteiger partial charge in [0.1, 0.15) is 5.60 Å². The van der Waals surface area contributed by atoms with Crippen molar-refractivity contribution in [1.29, 1.82) is 0 Å². The van der Waals surface area contributed by atoms with Crippen molar-refractivity contribution >= 4 is 21.8 Å². The first-order valence-corrected chi connectivity index (χ1v) is 8.27. The zero-order valence-corrected chi connectivity index (χ0v) is 11.8. The largest absolute Gasteiger partial charge is 0.383 e. The Balaban J connectivity index is 1.76. The first-order valence-electron chi connectivity index (χ1n) is 7.00. The Morgan fingerprint density at radius 3 is 2.50 bits per heavy atom. The lowest BCUT2D eigenvalue weighted by Gasteiger charge is -2.35. The van der Waals surface area contributed by atoms with Crippen LogP contribution in [0.1, 0.15) is 31.4 Å². The van der Waals surface area contributed by atoms with Gasteiger partial charge in [0.2, 0.25) is 0 Å². The second kappa shape index (κ2) is 4.33. The van der Waals surface area contributed by atoms with Gasteiger partial charge in [0.25, 0.3) is 0 Å². The molecule has 2 aromatic rings. The summed E-state index contributed by atoms with van der Waals surface area (Å²) in [7, 11) is -0.774. The van der Waals surface area contributed by atoms with Gasteiger partial charge in [0.15, 0.2) is 0 Å². The van der Waals surface area contributed by atoms with Crippen LogP contribution in [-0.2, 0) is 16.4 Å². The number of aliphatic hydroxyl groups is 1. The highest BCUT2D eigenvalue weighted by molar-refractivity contribution is 7.86. The lowest BCUT2D eigenvalue weighted by Crippen LogP contribution is -2.40. The van der Waals surface area contributed by atoms with E-state index >= 15 is 0 Å². The first kappa shape index (κ1) is 12.4. The highest BCUT2D eigenvalue weighted by Crippen LogP contribution is 2.45.